The average Bonchev–Trinajstić information content (AvgIpc) is 2.76. The Morgan fingerprint density at radius 1 is 1.21 bits per heavy atom. The number of rotatable bonds is 3. The summed E-state index contributed by atoms with van der Waals surface area (Å²) in [7, 11) is 0. The average molecular weight is 277 g/mol. The molecule has 2 rings (SSSR count). The van der Waals surface area contributed by atoms with Crippen molar-refractivity contribution in [1.29, 1.82) is 0 Å². The predicted octanol–water partition coefficient (Wildman–Crippen LogP) is 2.71. The van der Waals surface area contributed by atoms with Crippen LogP contribution < -0.4 is 5.32 Å². The third kappa shape index (κ3) is 2.74. The molecular weight excluding hydrogens is 266 g/mol. The number of carboxylic acid groups (broad SMARTS) is 1. The van der Waals surface area contributed by atoms with E-state index < -0.39 is 11.9 Å². The fourth-order valence-corrected chi connectivity index (χ4v) is 2.42. The molecule has 1 amide bonds. The first-order chi connectivity index (χ1) is 8.99. The number of phenolic OH excluding ortho intramolecular Hbond substituents is 1. The van der Waals surface area contributed by atoms with E-state index in [9.17, 15) is 14.7 Å². The van der Waals surface area contributed by atoms with Gasteiger partial charge in [0.05, 0.1) is 5.56 Å². The molecule has 3 N–H and O–H groups in total. The highest BCUT2D eigenvalue weighted by molar-refractivity contribution is 7.14. The molecule has 1 aromatic heterocycles. The Labute approximate surface area is 113 Å². The number of carbonyl (C=O) groups excluding carboxylic acids is 1. The number of aryl methyl sites for hydroxylation is 1. The van der Waals surface area contributed by atoms with Crippen LogP contribution in [0.3, 0.4) is 0 Å². The van der Waals surface area contributed by atoms with Crippen molar-refractivity contribution in [3.05, 3.63) is 46.3 Å². The summed E-state index contributed by atoms with van der Waals surface area (Å²) in [6, 6.07) is 5.82. The summed E-state index contributed by atoms with van der Waals surface area (Å²) < 4.78 is 0. The first-order valence-corrected chi connectivity index (χ1v) is 6.28. The summed E-state index contributed by atoms with van der Waals surface area (Å²) in [6.45, 7) is 1.70. The van der Waals surface area contributed by atoms with Gasteiger partial charge >= 0.3 is 5.97 Å². The van der Waals surface area contributed by atoms with Crippen molar-refractivity contribution in [2.24, 2.45) is 0 Å². The van der Waals surface area contributed by atoms with Gasteiger partial charge in [-0.15, -0.1) is 11.3 Å². The monoisotopic (exact) mass is 277 g/mol. The highest BCUT2D eigenvalue weighted by atomic mass is 32.1. The number of benzene rings is 1. The van der Waals surface area contributed by atoms with Crippen LogP contribution in [-0.4, -0.2) is 22.1 Å². The van der Waals surface area contributed by atoms with Gasteiger partial charge in [0.1, 0.15) is 10.8 Å². The Morgan fingerprint density at radius 2 is 1.95 bits per heavy atom. The van der Waals surface area contributed by atoms with E-state index in [1.54, 1.807) is 12.3 Å². The molecule has 0 aliphatic heterocycles. The maximum absolute atomic E-state index is 12.0. The molecule has 0 unspecified atom stereocenters. The zero-order valence-corrected chi connectivity index (χ0v) is 10.8. The Morgan fingerprint density at radius 3 is 2.58 bits per heavy atom. The van der Waals surface area contributed by atoms with Crippen LogP contribution in [-0.2, 0) is 0 Å². The van der Waals surface area contributed by atoms with Crippen molar-refractivity contribution in [1.82, 2.24) is 0 Å². The van der Waals surface area contributed by atoms with Gasteiger partial charge in [-0.2, -0.15) is 0 Å². The third-order valence-electron chi connectivity index (χ3n) is 2.58. The van der Waals surface area contributed by atoms with Gasteiger partial charge in [-0.25, -0.2) is 4.79 Å². The maximum Gasteiger partial charge on any atom is 0.338 e. The van der Waals surface area contributed by atoms with Crippen molar-refractivity contribution < 1.29 is 19.8 Å². The van der Waals surface area contributed by atoms with Crippen LogP contribution in [0.25, 0.3) is 0 Å². The Hall–Kier alpha value is -2.34. The molecule has 0 saturated heterocycles. The minimum atomic E-state index is -1.08. The number of anilines is 1. The van der Waals surface area contributed by atoms with Crippen LogP contribution in [0, 0.1) is 6.92 Å². The van der Waals surface area contributed by atoms with Crippen molar-refractivity contribution in [2.45, 2.75) is 6.92 Å². The number of aromatic hydroxyl groups is 1. The van der Waals surface area contributed by atoms with Gasteiger partial charge in [-0.05, 0) is 42.1 Å². The fourth-order valence-electron chi connectivity index (χ4n) is 1.65. The second-order valence-corrected chi connectivity index (χ2v) is 4.84. The van der Waals surface area contributed by atoms with E-state index in [0.29, 0.717) is 16.1 Å². The number of carbonyl (C=O) groups is 2. The van der Waals surface area contributed by atoms with Crippen molar-refractivity contribution in [3.8, 4) is 5.75 Å². The number of phenols is 1. The highest BCUT2D eigenvalue weighted by Crippen LogP contribution is 2.24. The summed E-state index contributed by atoms with van der Waals surface area (Å²) >= 11 is 1.15. The number of thiophene rings is 1. The van der Waals surface area contributed by atoms with Crippen LogP contribution in [0.4, 0.5) is 5.00 Å². The molecule has 0 bridgehead atoms. The summed E-state index contributed by atoms with van der Waals surface area (Å²) in [4.78, 5) is 23.0. The maximum atomic E-state index is 12.0. The van der Waals surface area contributed by atoms with Crippen LogP contribution in [0.1, 0.15) is 26.3 Å². The number of nitrogens with one attached hydrogen (secondary N) is 1. The van der Waals surface area contributed by atoms with Crippen molar-refractivity contribution in [2.75, 3.05) is 5.32 Å². The molecule has 0 radical (unpaired) electrons. The molecule has 0 fully saturated rings. The number of hydrogen-bond acceptors (Lipinski definition) is 4. The predicted molar refractivity (Wildman–Crippen MR) is 72.1 cm³/mol. The van der Waals surface area contributed by atoms with E-state index in [-0.39, 0.29) is 11.3 Å². The summed E-state index contributed by atoms with van der Waals surface area (Å²) in [5.41, 5.74) is 1.07. The standard InChI is InChI=1S/C13H11NO4S/c1-7-6-8(15)2-3-9(7)11(16)14-12-10(13(17)18)4-5-19-12/h2-6,15H,1H3,(H,14,16)(H,17,18). The van der Waals surface area contributed by atoms with E-state index in [0.717, 1.165) is 11.3 Å². The lowest BCUT2D eigenvalue weighted by Crippen LogP contribution is -2.14. The lowest BCUT2D eigenvalue weighted by Gasteiger charge is -2.07. The first kappa shape index (κ1) is 13.1. The molecule has 1 aromatic carbocycles. The minimum absolute atomic E-state index is 0.0646. The molecule has 1 heterocycles. The normalized spacial score (nSPS) is 10.2. The van der Waals surface area contributed by atoms with Crippen LogP contribution in [0.2, 0.25) is 0 Å². The molecule has 19 heavy (non-hydrogen) atoms. The van der Waals surface area contributed by atoms with Crippen LogP contribution in [0.5, 0.6) is 5.75 Å². The van der Waals surface area contributed by atoms with Gasteiger partial charge < -0.3 is 15.5 Å². The molecule has 6 heteroatoms. The highest BCUT2D eigenvalue weighted by Gasteiger charge is 2.16. The van der Waals surface area contributed by atoms with Gasteiger partial charge in [0, 0.05) is 5.56 Å². The number of amides is 1. The molecule has 0 spiro atoms. The molecule has 98 valence electrons. The number of aromatic carboxylic acids is 1. The van der Waals surface area contributed by atoms with E-state index in [1.165, 1.54) is 24.3 Å². The molecule has 5 nitrogen and oxygen atoms in total. The summed E-state index contributed by atoms with van der Waals surface area (Å²) in [5, 5.41) is 22.7. The molecule has 0 saturated carbocycles. The molecule has 0 aliphatic carbocycles. The largest absolute Gasteiger partial charge is 0.508 e. The van der Waals surface area contributed by atoms with Crippen LogP contribution in [0.15, 0.2) is 29.6 Å². The number of carboxylic acids is 1. The van der Waals surface area contributed by atoms with E-state index in [1.807, 2.05) is 0 Å². The first-order valence-electron chi connectivity index (χ1n) is 5.41. The van der Waals surface area contributed by atoms with E-state index in [4.69, 9.17) is 5.11 Å². The zero-order valence-electron chi connectivity index (χ0n) is 10.0. The van der Waals surface area contributed by atoms with Gasteiger partial charge in [-0.1, -0.05) is 0 Å². The lowest BCUT2D eigenvalue weighted by molar-refractivity contribution is 0.0698. The smallest absolute Gasteiger partial charge is 0.338 e. The second-order valence-electron chi connectivity index (χ2n) is 3.92. The van der Waals surface area contributed by atoms with Crippen LogP contribution >= 0.6 is 11.3 Å². The Kier molecular flexibility index (Phi) is 3.52. The zero-order chi connectivity index (χ0) is 14.0. The topological polar surface area (TPSA) is 86.6 Å². The van der Waals surface area contributed by atoms with Gasteiger partial charge in [0.25, 0.3) is 5.91 Å². The molecule has 0 atom stereocenters. The lowest BCUT2D eigenvalue weighted by atomic mass is 10.1. The SMILES string of the molecule is Cc1cc(O)ccc1C(=O)Nc1sccc1C(=O)O. The molecular formula is C13H11NO4S. The molecule has 0 aliphatic rings. The van der Waals surface area contributed by atoms with Crippen molar-refractivity contribution >= 4 is 28.2 Å². The van der Waals surface area contributed by atoms with E-state index >= 15 is 0 Å². The van der Waals surface area contributed by atoms with E-state index in [2.05, 4.69) is 5.32 Å². The van der Waals surface area contributed by atoms with Gasteiger partial charge in [-0.3, -0.25) is 4.79 Å². The quantitative estimate of drug-likeness (QED) is 0.805. The van der Waals surface area contributed by atoms with Gasteiger partial charge in [0.2, 0.25) is 0 Å². The van der Waals surface area contributed by atoms with Gasteiger partial charge in [0.15, 0.2) is 0 Å². The third-order valence-corrected chi connectivity index (χ3v) is 3.41. The Bertz CT molecular complexity index is 648. The second kappa shape index (κ2) is 5.11. The fraction of sp³-hybridized carbons (Fsp3) is 0.0769. The Balaban J connectivity index is 2.26. The minimum Gasteiger partial charge on any atom is -0.508 e. The summed E-state index contributed by atoms with van der Waals surface area (Å²) in [5.74, 6) is -1.40. The number of hydrogen-bond donors (Lipinski definition) is 3. The van der Waals surface area contributed by atoms with Crippen molar-refractivity contribution in [3.63, 3.8) is 0 Å². The molecule has 2 aromatic rings. The summed E-state index contributed by atoms with van der Waals surface area (Å²) in [6.07, 6.45) is 0.